The molecule has 0 saturated carbocycles. The molecule has 9 nitrogen and oxygen atoms in total. The number of aryl methyl sites for hydroxylation is 1. The molecule has 38 heavy (non-hydrogen) atoms. The number of amides is 2. The van der Waals surface area contributed by atoms with Gasteiger partial charge in [0.25, 0.3) is 5.91 Å². The van der Waals surface area contributed by atoms with E-state index in [1.54, 1.807) is 37.9 Å². The van der Waals surface area contributed by atoms with Gasteiger partial charge in [-0.1, -0.05) is 0 Å². The summed E-state index contributed by atoms with van der Waals surface area (Å²) in [7, 11) is 0. The number of H-pyrrole nitrogens is 1. The van der Waals surface area contributed by atoms with Crippen LogP contribution < -0.4 is 0 Å². The van der Waals surface area contributed by atoms with Gasteiger partial charge in [0.2, 0.25) is 5.91 Å². The Bertz CT molecular complexity index is 1440. The van der Waals surface area contributed by atoms with Gasteiger partial charge in [-0.2, -0.15) is 0 Å². The molecule has 1 aromatic carbocycles. The normalized spacial score (nSPS) is 17.7. The van der Waals surface area contributed by atoms with E-state index in [-0.39, 0.29) is 23.5 Å². The fourth-order valence-electron chi connectivity index (χ4n) is 4.86. The number of fused-ring (bicyclic) bond motifs is 3. The van der Waals surface area contributed by atoms with E-state index in [0.29, 0.717) is 48.8 Å². The number of hydrogen-bond donors (Lipinski definition) is 1. The number of aromatic nitrogens is 2. The van der Waals surface area contributed by atoms with E-state index in [1.165, 1.54) is 29.3 Å². The molecular formula is C28H29FN4O5. The molecule has 2 amide bonds. The number of rotatable bonds is 4. The van der Waals surface area contributed by atoms with Crippen molar-refractivity contribution in [3.8, 4) is 0 Å². The number of hydrogen-bond acceptors (Lipinski definition) is 6. The van der Waals surface area contributed by atoms with Crippen molar-refractivity contribution < 1.29 is 28.2 Å². The van der Waals surface area contributed by atoms with E-state index >= 15 is 0 Å². The second-order valence-corrected chi connectivity index (χ2v) is 9.71. The van der Waals surface area contributed by atoms with Crippen LogP contribution >= 0.6 is 0 Å². The smallest absolute Gasteiger partial charge is 0.342 e. The molecule has 0 spiro atoms. The number of nitrogens with zero attached hydrogens (tertiary/aromatic N) is 3. The first kappa shape index (κ1) is 25.6. The summed E-state index contributed by atoms with van der Waals surface area (Å²) in [6.07, 6.45) is 2.75. The first-order valence-electron chi connectivity index (χ1n) is 12.6. The Balaban J connectivity index is 1.68. The third-order valence-corrected chi connectivity index (χ3v) is 6.76. The van der Waals surface area contributed by atoms with Gasteiger partial charge in [-0.05, 0) is 62.2 Å². The van der Waals surface area contributed by atoms with Gasteiger partial charge in [0.15, 0.2) is 0 Å². The predicted octanol–water partition coefficient (Wildman–Crippen LogP) is 3.23. The predicted molar refractivity (Wildman–Crippen MR) is 137 cm³/mol. The summed E-state index contributed by atoms with van der Waals surface area (Å²) in [4.78, 5) is 51.8. The summed E-state index contributed by atoms with van der Waals surface area (Å²) in [5.74, 6) is -1.87. The van der Waals surface area contributed by atoms with E-state index < -0.39 is 29.8 Å². The van der Waals surface area contributed by atoms with Crippen molar-refractivity contribution in [3.63, 3.8) is 0 Å². The molecule has 2 aliphatic heterocycles. The lowest BCUT2D eigenvalue weighted by Gasteiger charge is -2.34. The highest BCUT2D eigenvalue weighted by molar-refractivity contribution is 6.18. The second-order valence-electron chi connectivity index (χ2n) is 9.71. The highest BCUT2D eigenvalue weighted by Crippen LogP contribution is 2.34. The number of carbonyl (C=O) groups excluding carboxylic acids is 3. The van der Waals surface area contributed by atoms with Crippen LogP contribution in [0.4, 0.5) is 4.39 Å². The molecule has 1 saturated heterocycles. The molecule has 4 heterocycles. The fraction of sp³-hybridized carbons (Fsp3) is 0.357. The molecule has 1 fully saturated rings. The standard InChI is InChI=1S/C28H29FN4O5/c1-16(2)38-28(36)21-15-33(26(34)18-6-7-22(29)17(3)13-18)23(27(35)32-9-11-37-12-10-32)14-20-19-5-4-8-30-25(19)31-24(20)21/h4-8,13,15-16,23H,9-12,14H2,1-3H3,(H,30,31). The van der Waals surface area contributed by atoms with Gasteiger partial charge in [0.1, 0.15) is 17.5 Å². The van der Waals surface area contributed by atoms with Crippen molar-refractivity contribution in [1.29, 1.82) is 0 Å². The van der Waals surface area contributed by atoms with Gasteiger partial charge in [-0.25, -0.2) is 14.2 Å². The van der Waals surface area contributed by atoms with E-state index in [9.17, 15) is 18.8 Å². The minimum atomic E-state index is -0.965. The Morgan fingerprint density at radius 3 is 2.66 bits per heavy atom. The number of benzene rings is 1. The van der Waals surface area contributed by atoms with E-state index in [0.717, 1.165) is 5.39 Å². The number of esters is 1. The van der Waals surface area contributed by atoms with Crippen LogP contribution in [0.3, 0.4) is 0 Å². The number of aromatic amines is 1. The summed E-state index contributed by atoms with van der Waals surface area (Å²) in [5.41, 5.74) is 2.32. The topological polar surface area (TPSA) is 105 Å². The lowest BCUT2D eigenvalue weighted by molar-refractivity contribution is -0.141. The molecule has 0 aliphatic carbocycles. The van der Waals surface area contributed by atoms with Gasteiger partial charge in [-0.15, -0.1) is 0 Å². The van der Waals surface area contributed by atoms with Crippen LogP contribution in [0.2, 0.25) is 0 Å². The van der Waals surface area contributed by atoms with E-state index in [2.05, 4.69) is 9.97 Å². The van der Waals surface area contributed by atoms with E-state index in [1.807, 2.05) is 6.07 Å². The number of carbonyl (C=O) groups is 3. The molecule has 5 rings (SSSR count). The van der Waals surface area contributed by atoms with Crippen LogP contribution in [0.1, 0.15) is 41.0 Å². The lowest BCUT2D eigenvalue weighted by atomic mass is 9.99. The Hall–Kier alpha value is -4.05. The number of halogens is 1. The third kappa shape index (κ3) is 4.79. The molecular weight excluding hydrogens is 491 g/mol. The van der Waals surface area contributed by atoms with E-state index in [4.69, 9.17) is 9.47 Å². The maximum Gasteiger partial charge on any atom is 0.342 e. The van der Waals surface area contributed by atoms with Crippen molar-refractivity contribution in [2.75, 3.05) is 26.3 Å². The Morgan fingerprint density at radius 2 is 1.95 bits per heavy atom. The van der Waals surface area contributed by atoms with Gasteiger partial charge in [-0.3, -0.25) is 9.59 Å². The molecule has 1 unspecified atom stereocenters. The van der Waals surface area contributed by atoms with Crippen molar-refractivity contribution in [2.24, 2.45) is 0 Å². The summed E-state index contributed by atoms with van der Waals surface area (Å²) >= 11 is 0. The van der Waals surface area contributed by atoms with Gasteiger partial charge in [0, 0.05) is 42.9 Å². The van der Waals surface area contributed by atoms with Crippen LogP contribution in [0.15, 0.2) is 42.7 Å². The zero-order valence-electron chi connectivity index (χ0n) is 21.5. The second kappa shape index (κ2) is 10.4. The quantitative estimate of drug-likeness (QED) is 0.530. The monoisotopic (exact) mass is 520 g/mol. The Labute approximate surface area is 219 Å². The molecule has 0 bridgehead atoms. The van der Waals surface area contributed by atoms with Crippen molar-refractivity contribution >= 4 is 34.4 Å². The number of pyridine rings is 1. The first-order valence-corrected chi connectivity index (χ1v) is 12.6. The highest BCUT2D eigenvalue weighted by atomic mass is 19.1. The molecule has 10 heteroatoms. The van der Waals surface area contributed by atoms with Crippen molar-refractivity contribution in [1.82, 2.24) is 19.8 Å². The summed E-state index contributed by atoms with van der Waals surface area (Å²) in [6, 6.07) is 6.72. The summed E-state index contributed by atoms with van der Waals surface area (Å²) in [6.45, 7) is 6.61. The largest absolute Gasteiger partial charge is 0.459 e. The van der Waals surface area contributed by atoms with Crippen LogP contribution in [0.5, 0.6) is 0 Å². The van der Waals surface area contributed by atoms with Gasteiger partial charge >= 0.3 is 5.97 Å². The zero-order valence-corrected chi connectivity index (χ0v) is 21.5. The minimum absolute atomic E-state index is 0.108. The zero-order chi connectivity index (χ0) is 27.0. The highest BCUT2D eigenvalue weighted by Gasteiger charge is 2.39. The van der Waals surface area contributed by atoms with Crippen LogP contribution in [0.25, 0.3) is 16.6 Å². The van der Waals surface area contributed by atoms with Crippen molar-refractivity contribution in [3.05, 3.63) is 70.9 Å². The minimum Gasteiger partial charge on any atom is -0.459 e. The molecule has 1 atom stereocenters. The van der Waals surface area contributed by atoms with Crippen LogP contribution in [-0.4, -0.2) is 76.0 Å². The average Bonchev–Trinajstić information content (AvgIpc) is 3.17. The Kier molecular flexibility index (Phi) is 6.98. The Morgan fingerprint density at radius 1 is 1.18 bits per heavy atom. The average molecular weight is 521 g/mol. The number of nitrogens with one attached hydrogen (secondary N) is 1. The van der Waals surface area contributed by atoms with Gasteiger partial charge in [0.05, 0.1) is 30.6 Å². The molecule has 0 radical (unpaired) electrons. The molecule has 3 aromatic rings. The molecule has 198 valence electrons. The summed E-state index contributed by atoms with van der Waals surface area (Å²) in [5, 5.41) is 0.748. The van der Waals surface area contributed by atoms with Crippen molar-refractivity contribution in [2.45, 2.75) is 39.3 Å². The lowest BCUT2D eigenvalue weighted by Crippen LogP contribution is -2.52. The molecule has 1 N–H and O–H groups in total. The molecule has 2 aliphatic rings. The SMILES string of the molecule is Cc1cc(C(=O)N2C=C(C(=O)OC(C)C)c3[nH]c4ncccc4c3CC2C(=O)N2CCOCC2)ccc1F. The number of morpholine rings is 1. The molecule has 2 aromatic heterocycles. The fourth-order valence-corrected chi connectivity index (χ4v) is 4.86. The van der Waals surface area contributed by atoms with Gasteiger partial charge < -0.3 is 24.3 Å². The van der Waals surface area contributed by atoms with Crippen LogP contribution in [0, 0.1) is 12.7 Å². The maximum atomic E-state index is 14.0. The third-order valence-electron chi connectivity index (χ3n) is 6.76. The summed E-state index contributed by atoms with van der Waals surface area (Å²) < 4.78 is 25.0. The van der Waals surface area contributed by atoms with Crippen LogP contribution in [-0.2, 0) is 25.5 Å². The first-order chi connectivity index (χ1) is 18.2. The number of ether oxygens (including phenoxy) is 2. The maximum absolute atomic E-state index is 14.0.